The standard InChI is InChI=1S/C10H11BrO4S/c1-3-15-10(12)8-5-4-7(11)6-9(8)16(2,13)14/h4-6H,3H2,1-2H3. The molecule has 0 bridgehead atoms. The lowest BCUT2D eigenvalue weighted by molar-refractivity contribution is 0.0522. The minimum Gasteiger partial charge on any atom is -0.462 e. The molecule has 0 saturated heterocycles. The number of carbonyl (C=O) groups excluding carboxylic acids is 1. The second-order valence-electron chi connectivity index (χ2n) is 3.13. The van der Waals surface area contributed by atoms with Crippen LogP contribution in [0.3, 0.4) is 0 Å². The van der Waals surface area contributed by atoms with Gasteiger partial charge in [-0.05, 0) is 25.1 Å². The first-order chi connectivity index (χ1) is 7.36. The largest absolute Gasteiger partial charge is 0.462 e. The third kappa shape index (κ3) is 3.05. The zero-order chi connectivity index (χ0) is 12.3. The third-order valence-electron chi connectivity index (χ3n) is 1.84. The number of hydrogen-bond acceptors (Lipinski definition) is 4. The monoisotopic (exact) mass is 306 g/mol. The lowest BCUT2D eigenvalue weighted by Gasteiger charge is -2.07. The Balaban J connectivity index is 3.35. The van der Waals surface area contributed by atoms with Crippen molar-refractivity contribution in [2.45, 2.75) is 11.8 Å². The molecule has 0 N–H and O–H groups in total. The maximum Gasteiger partial charge on any atom is 0.339 e. The molecular formula is C10H11BrO4S. The van der Waals surface area contributed by atoms with Crippen LogP contribution in [0.2, 0.25) is 0 Å². The lowest BCUT2D eigenvalue weighted by atomic mass is 10.2. The van der Waals surface area contributed by atoms with E-state index in [0.29, 0.717) is 4.47 Å². The van der Waals surface area contributed by atoms with Crippen LogP contribution in [0.15, 0.2) is 27.6 Å². The summed E-state index contributed by atoms with van der Waals surface area (Å²) in [6, 6.07) is 4.42. The van der Waals surface area contributed by atoms with E-state index in [0.717, 1.165) is 6.26 Å². The molecule has 0 fully saturated rings. The van der Waals surface area contributed by atoms with E-state index in [-0.39, 0.29) is 17.1 Å². The molecule has 0 amide bonds. The Morgan fingerprint density at radius 1 is 1.44 bits per heavy atom. The molecule has 1 aromatic rings. The van der Waals surface area contributed by atoms with Crippen molar-refractivity contribution < 1.29 is 17.9 Å². The third-order valence-corrected chi connectivity index (χ3v) is 3.47. The first-order valence-electron chi connectivity index (χ1n) is 4.53. The van der Waals surface area contributed by atoms with Crippen LogP contribution in [0.4, 0.5) is 0 Å². The van der Waals surface area contributed by atoms with Gasteiger partial charge in [0.25, 0.3) is 0 Å². The molecule has 0 saturated carbocycles. The van der Waals surface area contributed by atoms with Crippen molar-refractivity contribution in [2.75, 3.05) is 12.9 Å². The van der Waals surface area contributed by atoms with Gasteiger partial charge in [0.05, 0.1) is 17.1 Å². The van der Waals surface area contributed by atoms with Gasteiger partial charge in [-0.3, -0.25) is 0 Å². The van der Waals surface area contributed by atoms with Crippen molar-refractivity contribution in [3.8, 4) is 0 Å². The van der Waals surface area contributed by atoms with Crippen LogP contribution < -0.4 is 0 Å². The van der Waals surface area contributed by atoms with Crippen LogP contribution in [-0.2, 0) is 14.6 Å². The molecule has 0 aliphatic carbocycles. The smallest absolute Gasteiger partial charge is 0.339 e. The predicted octanol–water partition coefficient (Wildman–Crippen LogP) is 2.03. The fourth-order valence-corrected chi connectivity index (χ4v) is 2.58. The number of hydrogen-bond donors (Lipinski definition) is 0. The molecule has 0 aromatic heterocycles. The molecule has 0 radical (unpaired) electrons. The van der Waals surface area contributed by atoms with Crippen LogP contribution in [-0.4, -0.2) is 27.2 Å². The number of esters is 1. The lowest BCUT2D eigenvalue weighted by Crippen LogP contribution is -2.11. The first kappa shape index (κ1) is 13.2. The summed E-state index contributed by atoms with van der Waals surface area (Å²) in [6.45, 7) is 1.87. The van der Waals surface area contributed by atoms with Crippen LogP contribution in [0.25, 0.3) is 0 Å². The number of sulfone groups is 1. The predicted molar refractivity (Wildman–Crippen MR) is 63.2 cm³/mol. The molecule has 6 heteroatoms. The van der Waals surface area contributed by atoms with Crippen molar-refractivity contribution in [3.05, 3.63) is 28.2 Å². The van der Waals surface area contributed by atoms with Crippen molar-refractivity contribution in [3.63, 3.8) is 0 Å². The van der Waals surface area contributed by atoms with E-state index >= 15 is 0 Å². The fourth-order valence-electron chi connectivity index (χ4n) is 1.18. The Hall–Kier alpha value is -0.880. The van der Waals surface area contributed by atoms with Crippen molar-refractivity contribution in [1.82, 2.24) is 0 Å². The second kappa shape index (κ2) is 4.97. The van der Waals surface area contributed by atoms with Crippen LogP contribution in [0, 0.1) is 0 Å². The van der Waals surface area contributed by atoms with E-state index in [4.69, 9.17) is 4.74 Å². The number of carbonyl (C=O) groups is 1. The fraction of sp³-hybridized carbons (Fsp3) is 0.300. The van der Waals surface area contributed by atoms with Gasteiger partial charge in [-0.1, -0.05) is 15.9 Å². The van der Waals surface area contributed by atoms with E-state index in [1.165, 1.54) is 12.1 Å². The molecule has 1 rings (SSSR count). The highest BCUT2D eigenvalue weighted by molar-refractivity contribution is 9.10. The Morgan fingerprint density at radius 2 is 2.06 bits per heavy atom. The SMILES string of the molecule is CCOC(=O)c1ccc(Br)cc1S(C)(=O)=O. The quantitative estimate of drug-likeness (QED) is 0.802. The summed E-state index contributed by atoms with van der Waals surface area (Å²) < 4.78 is 28.4. The van der Waals surface area contributed by atoms with Gasteiger partial charge in [-0.25, -0.2) is 13.2 Å². The number of halogens is 1. The average molecular weight is 307 g/mol. The molecule has 1 aromatic carbocycles. The van der Waals surface area contributed by atoms with Gasteiger partial charge in [-0.2, -0.15) is 0 Å². The normalized spacial score (nSPS) is 11.2. The summed E-state index contributed by atoms with van der Waals surface area (Å²) in [5.41, 5.74) is 0.0625. The maximum atomic E-state index is 11.5. The molecular weight excluding hydrogens is 296 g/mol. The summed E-state index contributed by atoms with van der Waals surface area (Å²) >= 11 is 3.16. The van der Waals surface area contributed by atoms with Crippen LogP contribution in [0.5, 0.6) is 0 Å². The van der Waals surface area contributed by atoms with Crippen LogP contribution >= 0.6 is 15.9 Å². The number of rotatable bonds is 3. The molecule has 0 aliphatic rings. The molecule has 0 spiro atoms. The maximum absolute atomic E-state index is 11.5. The van der Waals surface area contributed by atoms with Crippen molar-refractivity contribution in [2.24, 2.45) is 0 Å². The number of benzene rings is 1. The average Bonchev–Trinajstić information content (AvgIpc) is 2.16. The van der Waals surface area contributed by atoms with Gasteiger partial charge >= 0.3 is 5.97 Å². The minimum atomic E-state index is -3.45. The van der Waals surface area contributed by atoms with E-state index in [1.807, 2.05) is 0 Å². The van der Waals surface area contributed by atoms with Crippen LogP contribution in [0.1, 0.15) is 17.3 Å². The minimum absolute atomic E-state index is 0.0275. The first-order valence-corrected chi connectivity index (χ1v) is 7.21. The highest BCUT2D eigenvalue weighted by Gasteiger charge is 2.19. The summed E-state index contributed by atoms with van der Waals surface area (Å²) in [7, 11) is -3.45. The van der Waals surface area contributed by atoms with Gasteiger partial charge in [0, 0.05) is 10.7 Å². The molecule has 0 atom stereocenters. The van der Waals surface area contributed by atoms with E-state index in [9.17, 15) is 13.2 Å². The molecule has 0 heterocycles. The topological polar surface area (TPSA) is 60.4 Å². The Morgan fingerprint density at radius 3 is 2.56 bits per heavy atom. The number of ether oxygens (including phenoxy) is 1. The van der Waals surface area contributed by atoms with E-state index < -0.39 is 15.8 Å². The van der Waals surface area contributed by atoms with Gasteiger partial charge in [0.1, 0.15) is 0 Å². The molecule has 88 valence electrons. The molecule has 0 aliphatic heterocycles. The van der Waals surface area contributed by atoms with E-state index in [2.05, 4.69) is 15.9 Å². The Kier molecular flexibility index (Phi) is 4.09. The molecule has 0 unspecified atom stereocenters. The van der Waals surface area contributed by atoms with E-state index in [1.54, 1.807) is 13.0 Å². The van der Waals surface area contributed by atoms with Gasteiger partial charge in [-0.15, -0.1) is 0 Å². The highest BCUT2D eigenvalue weighted by atomic mass is 79.9. The Labute approximate surface area is 103 Å². The summed E-state index contributed by atoms with van der Waals surface area (Å²) in [5.74, 6) is -0.629. The van der Waals surface area contributed by atoms with Gasteiger partial charge in [0.15, 0.2) is 9.84 Å². The Bertz CT molecular complexity index is 508. The second-order valence-corrected chi connectivity index (χ2v) is 6.03. The molecule has 4 nitrogen and oxygen atoms in total. The summed E-state index contributed by atoms with van der Waals surface area (Å²) in [6.07, 6.45) is 1.05. The van der Waals surface area contributed by atoms with Gasteiger partial charge in [0.2, 0.25) is 0 Å². The van der Waals surface area contributed by atoms with Crippen molar-refractivity contribution >= 4 is 31.7 Å². The summed E-state index contributed by atoms with van der Waals surface area (Å²) in [5, 5.41) is 0. The summed E-state index contributed by atoms with van der Waals surface area (Å²) in [4.78, 5) is 11.5. The zero-order valence-electron chi connectivity index (χ0n) is 8.86. The van der Waals surface area contributed by atoms with Crippen molar-refractivity contribution in [1.29, 1.82) is 0 Å². The zero-order valence-corrected chi connectivity index (χ0v) is 11.3. The highest BCUT2D eigenvalue weighted by Crippen LogP contribution is 2.21. The molecule has 16 heavy (non-hydrogen) atoms. The van der Waals surface area contributed by atoms with Gasteiger partial charge < -0.3 is 4.74 Å².